The van der Waals surface area contributed by atoms with E-state index < -0.39 is 0 Å². The summed E-state index contributed by atoms with van der Waals surface area (Å²) < 4.78 is 0. The summed E-state index contributed by atoms with van der Waals surface area (Å²) in [5, 5.41) is 1.60. The first kappa shape index (κ1) is 10.9. The van der Waals surface area contributed by atoms with Crippen LogP contribution in [0.15, 0.2) is 23.2 Å². The highest BCUT2D eigenvalue weighted by Crippen LogP contribution is 2.19. The van der Waals surface area contributed by atoms with Gasteiger partial charge in [0.2, 0.25) is 0 Å². The first-order valence-electron chi connectivity index (χ1n) is 4.44. The van der Waals surface area contributed by atoms with Crippen LogP contribution in [0.1, 0.15) is 20.3 Å². The van der Waals surface area contributed by atoms with Gasteiger partial charge in [0.1, 0.15) is 5.15 Å². The van der Waals surface area contributed by atoms with Gasteiger partial charge in [0, 0.05) is 0 Å². The standard InChI is InChI=1S/C10H14ClNS/c1-8(2)6-7-13-10-5-3-4-9(11)12-10/h3-5,8H,6-7H2,1-2H3. The molecule has 0 aliphatic carbocycles. The fourth-order valence-corrected chi connectivity index (χ4v) is 2.22. The van der Waals surface area contributed by atoms with E-state index in [0.717, 1.165) is 16.7 Å². The maximum Gasteiger partial charge on any atom is 0.130 e. The third-order valence-corrected chi connectivity index (χ3v) is 2.81. The lowest BCUT2D eigenvalue weighted by molar-refractivity contribution is 0.632. The molecule has 72 valence electrons. The SMILES string of the molecule is CC(C)CCSc1cccc(Cl)n1. The second-order valence-electron chi connectivity index (χ2n) is 3.33. The number of hydrogen-bond acceptors (Lipinski definition) is 2. The second kappa shape index (κ2) is 5.51. The highest BCUT2D eigenvalue weighted by Gasteiger charge is 1.98. The molecule has 3 heteroatoms. The van der Waals surface area contributed by atoms with Gasteiger partial charge in [-0.1, -0.05) is 31.5 Å². The molecule has 0 unspecified atom stereocenters. The predicted molar refractivity (Wildman–Crippen MR) is 59.4 cm³/mol. The molecule has 13 heavy (non-hydrogen) atoms. The van der Waals surface area contributed by atoms with E-state index in [2.05, 4.69) is 18.8 Å². The van der Waals surface area contributed by atoms with Crippen molar-refractivity contribution in [3.8, 4) is 0 Å². The molecule has 0 aliphatic heterocycles. The van der Waals surface area contributed by atoms with Crippen molar-refractivity contribution in [1.82, 2.24) is 4.98 Å². The van der Waals surface area contributed by atoms with Crippen molar-refractivity contribution in [2.45, 2.75) is 25.3 Å². The predicted octanol–water partition coefficient (Wildman–Crippen LogP) is 3.87. The molecule has 1 aromatic heterocycles. The maximum atomic E-state index is 5.76. The number of thioether (sulfide) groups is 1. The molecule has 0 saturated heterocycles. The summed E-state index contributed by atoms with van der Waals surface area (Å²) >= 11 is 7.53. The minimum atomic E-state index is 0.578. The van der Waals surface area contributed by atoms with E-state index >= 15 is 0 Å². The van der Waals surface area contributed by atoms with E-state index in [0.29, 0.717) is 5.15 Å². The van der Waals surface area contributed by atoms with Gasteiger partial charge in [-0.25, -0.2) is 4.98 Å². The molecule has 0 aliphatic rings. The van der Waals surface area contributed by atoms with Crippen molar-refractivity contribution in [2.24, 2.45) is 5.92 Å². The summed E-state index contributed by atoms with van der Waals surface area (Å²) in [4.78, 5) is 4.20. The number of hydrogen-bond donors (Lipinski definition) is 0. The Bertz CT molecular complexity index is 263. The zero-order valence-electron chi connectivity index (χ0n) is 7.96. The third kappa shape index (κ3) is 4.53. The molecule has 1 rings (SSSR count). The summed E-state index contributed by atoms with van der Waals surface area (Å²) in [6.45, 7) is 4.46. The Morgan fingerprint density at radius 1 is 1.46 bits per heavy atom. The molecule has 0 aromatic carbocycles. The van der Waals surface area contributed by atoms with E-state index in [-0.39, 0.29) is 0 Å². The molecular weight excluding hydrogens is 202 g/mol. The van der Waals surface area contributed by atoms with Crippen molar-refractivity contribution in [3.63, 3.8) is 0 Å². The minimum absolute atomic E-state index is 0.578. The van der Waals surface area contributed by atoms with E-state index in [1.165, 1.54) is 6.42 Å². The largest absolute Gasteiger partial charge is 0.230 e. The van der Waals surface area contributed by atoms with Crippen molar-refractivity contribution < 1.29 is 0 Å². The Morgan fingerprint density at radius 3 is 2.85 bits per heavy atom. The normalized spacial score (nSPS) is 10.8. The lowest BCUT2D eigenvalue weighted by atomic mass is 10.2. The molecule has 1 heterocycles. The zero-order valence-corrected chi connectivity index (χ0v) is 9.53. The van der Waals surface area contributed by atoms with E-state index in [1.807, 2.05) is 12.1 Å². The van der Waals surface area contributed by atoms with Gasteiger partial charge in [-0.3, -0.25) is 0 Å². The smallest absolute Gasteiger partial charge is 0.130 e. The van der Waals surface area contributed by atoms with Gasteiger partial charge in [0.25, 0.3) is 0 Å². The topological polar surface area (TPSA) is 12.9 Å². The van der Waals surface area contributed by atoms with Gasteiger partial charge in [0.05, 0.1) is 5.03 Å². The fraction of sp³-hybridized carbons (Fsp3) is 0.500. The van der Waals surface area contributed by atoms with Crippen LogP contribution in [-0.4, -0.2) is 10.7 Å². The lowest BCUT2D eigenvalue weighted by Crippen LogP contribution is -1.90. The second-order valence-corrected chi connectivity index (χ2v) is 4.83. The van der Waals surface area contributed by atoms with Gasteiger partial charge >= 0.3 is 0 Å². The van der Waals surface area contributed by atoms with Crippen molar-refractivity contribution in [1.29, 1.82) is 0 Å². The Morgan fingerprint density at radius 2 is 2.23 bits per heavy atom. The molecule has 0 saturated carbocycles. The molecule has 0 radical (unpaired) electrons. The minimum Gasteiger partial charge on any atom is -0.230 e. The lowest BCUT2D eigenvalue weighted by Gasteiger charge is -2.03. The third-order valence-electron chi connectivity index (χ3n) is 1.63. The van der Waals surface area contributed by atoms with Crippen LogP contribution in [-0.2, 0) is 0 Å². The number of halogens is 1. The van der Waals surface area contributed by atoms with Crippen molar-refractivity contribution in [3.05, 3.63) is 23.4 Å². The van der Waals surface area contributed by atoms with Gasteiger partial charge in [-0.15, -0.1) is 11.8 Å². The average Bonchev–Trinajstić information content (AvgIpc) is 2.03. The molecule has 0 atom stereocenters. The summed E-state index contributed by atoms with van der Waals surface area (Å²) in [5.74, 6) is 1.87. The first-order chi connectivity index (χ1) is 6.18. The monoisotopic (exact) mass is 215 g/mol. The molecule has 0 fully saturated rings. The average molecular weight is 216 g/mol. The molecular formula is C10H14ClNS. The fourth-order valence-electron chi connectivity index (χ4n) is 0.869. The van der Waals surface area contributed by atoms with Crippen LogP contribution in [0.3, 0.4) is 0 Å². The molecule has 0 N–H and O–H groups in total. The molecule has 1 nitrogen and oxygen atoms in total. The van der Waals surface area contributed by atoms with Crippen LogP contribution < -0.4 is 0 Å². The van der Waals surface area contributed by atoms with Crippen LogP contribution in [0.5, 0.6) is 0 Å². The number of pyridine rings is 1. The van der Waals surface area contributed by atoms with Crippen LogP contribution in [0, 0.1) is 5.92 Å². The van der Waals surface area contributed by atoms with E-state index in [1.54, 1.807) is 17.8 Å². The van der Waals surface area contributed by atoms with Crippen LogP contribution in [0.4, 0.5) is 0 Å². The van der Waals surface area contributed by atoms with Gasteiger partial charge in [0.15, 0.2) is 0 Å². The van der Waals surface area contributed by atoms with Crippen molar-refractivity contribution >= 4 is 23.4 Å². The first-order valence-corrected chi connectivity index (χ1v) is 5.80. The van der Waals surface area contributed by atoms with Gasteiger partial charge in [-0.2, -0.15) is 0 Å². The Hall–Kier alpha value is -0.210. The number of aromatic nitrogens is 1. The van der Waals surface area contributed by atoms with Gasteiger partial charge < -0.3 is 0 Å². The van der Waals surface area contributed by atoms with Crippen LogP contribution >= 0.6 is 23.4 Å². The highest BCUT2D eigenvalue weighted by atomic mass is 35.5. The summed E-state index contributed by atoms with van der Waals surface area (Å²) in [5.41, 5.74) is 0. The van der Waals surface area contributed by atoms with E-state index in [9.17, 15) is 0 Å². The quantitative estimate of drug-likeness (QED) is 0.559. The summed E-state index contributed by atoms with van der Waals surface area (Å²) in [6.07, 6.45) is 1.22. The highest BCUT2D eigenvalue weighted by molar-refractivity contribution is 7.99. The van der Waals surface area contributed by atoms with Crippen LogP contribution in [0.2, 0.25) is 5.15 Å². The Kier molecular flexibility index (Phi) is 4.60. The maximum absolute atomic E-state index is 5.76. The Balaban J connectivity index is 2.37. The summed E-state index contributed by atoms with van der Waals surface area (Å²) in [6, 6.07) is 5.73. The number of nitrogens with zero attached hydrogens (tertiary/aromatic N) is 1. The van der Waals surface area contributed by atoms with Gasteiger partial charge in [-0.05, 0) is 30.2 Å². The number of rotatable bonds is 4. The van der Waals surface area contributed by atoms with Crippen LogP contribution in [0.25, 0.3) is 0 Å². The molecule has 1 aromatic rings. The molecule has 0 amide bonds. The Labute approximate surface area is 88.9 Å². The molecule has 0 bridgehead atoms. The molecule has 0 spiro atoms. The van der Waals surface area contributed by atoms with Crippen molar-refractivity contribution in [2.75, 3.05) is 5.75 Å². The van der Waals surface area contributed by atoms with E-state index in [4.69, 9.17) is 11.6 Å². The summed E-state index contributed by atoms with van der Waals surface area (Å²) in [7, 11) is 0. The zero-order chi connectivity index (χ0) is 9.68.